The number of rotatable bonds is 4. The summed E-state index contributed by atoms with van der Waals surface area (Å²) >= 11 is 0. The van der Waals surface area contributed by atoms with E-state index in [9.17, 15) is 9.59 Å². The summed E-state index contributed by atoms with van der Waals surface area (Å²) in [6.07, 6.45) is 1.01. The number of carbonyl (C=O) groups excluding carboxylic acids is 2. The normalized spacial score (nSPS) is 34.4. The van der Waals surface area contributed by atoms with Crippen LogP contribution in [0.15, 0.2) is 0 Å². The average Bonchev–Trinajstić information content (AvgIpc) is 2.84. The van der Waals surface area contributed by atoms with Gasteiger partial charge >= 0.3 is 0 Å². The lowest BCUT2D eigenvalue weighted by Gasteiger charge is -2.27. The molecule has 0 aromatic heterocycles. The zero-order chi connectivity index (χ0) is 11.6. The fourth-order valence-electron chi connectivity index (χ4n) is 1.99. The van der Waals surface area contributed by atoms with Crippen LogP contribution in [-0.2, 0) is 19.1 Å². The molecule has 90 valence electrons. The molecule has 16 heavy (non-hydrogen) atoms. The number of methoxy groups -OCH3 is 1. The molecule has 2 aliphatic heterocycles. The summed E-state index contributed by atoms with van der Waals surface area (Å²) in [5, 5.41) is 5.32. The van der Waals surface area contributed by atoms with Gasteiger partial charge in [0.2, 0.25) is 11.8 Å². The second-order valence-corrected chi connectivity index (χ2v) is 4.24. The van der Waals surface area contributed by atoms with Crippen LogP contribution in [-0.4, -0.2) is 50.3 Å². The van der Waals surface area contributed by atoms with Gasteiger partial charge in [-0.05, 0) is 0 Å². The van der Waals surface area contributed by atoms with Crippen LogP contribution >= 0.6 is 0 Å². The summed E-state index contributed by atoms with van der Waals surface area (Å²) in [5.41, 5.74) is -0.355. The van der Waals surface area contributed by atoms with Crippen molar-refractivity contribution in [1.29, 1.82) is 0 Å². The number of amides is 2. The molecule has 0 aromatic rings. The van der Waals surface area contributed by atoms with Gasteiger partial charge in [0, 0.05) is 26.7 Å². The molecule has 0 radical (unpaired) electrons. The van der Waals surface area contributed by atoms with Crippen LogP contribution in [0, 0.1) is 0 Å². The summed E-state index contributed by atoms with van der Waals surface area (Å²) < 4.78 is 10.7. The lowest BCUT2D eigenvalue weighted by Crippen LogP contribution is -2.48. The average molecular weight is 228 g/mol. The van der Waals surface area contributed by atoms with Gasteiger partial charge in [-0.3, -0.25) is 14.9 Å². The minimum Gasteiger partial charge on any atom is -0.378 e. The fourth-order valence-corrected chi connectivity index (χ4v) is 1.99. The summed E-state index contributed by atoms with van der Waals surface area (Å²) in [7, 11) is 1.64. The molecule has 2 heterocycles. The molecule has 2 rings (SSSR count). The van der Waals surface area contributed by atoms with Crippen molar-refractivity contribution in [3.8, 4) is 0 Å². The highest BCUT2D eigenvalue weighted by molar-refractivity contribution is 6.05. The molecule has 2 N–H and O–H groups in total. The Morgan fingerprint density at radius 1 is 1.62 bits per heavy atom. The molecule has 2 saturated heterocycles. The third kappa shape index (κ3) is 2.23. The highest BCUT2D eigenvalue weighted by Gasteiger charge is 2.37. The number of hydrogen-bond acceptors (Lipinski definition) is 5. The van der Waals surface area contributed by atoms with Crippen LogP contribution in [0.3, 0.4) is 0 Å². The zero-order valence-corrected chi connectivity index (χ0v) is 9.25. The first kappa shape index (κ1) is 11.5. The number of hydrogen-bond donors (Lipinski definition) is 2. The predicted molar refractivity (Wildman–Crippen MR) is 54.7 cm³/mol. The van der Waals surface area contributed by atoms with E-state index in [-0.39, 0.29) is 23.8 Å². The van der Waals surface area contributed by atoms with Crippen LogP contribution in [0.4, 0.5) is 0 Å². The van der Waals surface area contributed by atoms with E-state index >= 15 is 0 Å². The van der Waals surface area contributed by atoms with Gasteiger partial charge in [0.15, 0.2) is 0 Å². The molecule has 2 amide bonds. The number of carbonyl (C=O) groups is 2. The molecule has 0 aromatic carbocycles. The summed E-state index contributed by atoms with van der Waals surface area (Å²) in [6.45, 7) is 1.72. The zero-order valence-electron chi connectivity index (χ0n) is 9.25. The van der Waals surface area contributed by atoms with Crippen LogP contribution in [0.1, 0.15) is 12.8 Å². The van der Waals surface area contributed by atoms with E-state index in [1.807, 2.05) is 0 Å². The molecule has 2 atom stereocenters. The van der Waals surface area contributed by atoms with Gasteiger partial charge in [0.05, 0.1) is 19.1 Å². The van der Waals surface area contributed by atoms with Crippen LogP contribution in [0.5, 0.6) is 0 Å². The van der Waals surface area contributed by atoms with E-state index < -0.39 is 6.04 Å². The Bertz CT molecular complexity index is 299. The Balaban J connectivity index is 1.86. The third-order valence-electron chi connectivity index (χ3n) is 3.14. The van der Waals surface area contributed by atoms with Gasteiger partial charge < -0.3 is 14.8 Å². The third-order valence-corrected chi connectivity index (χ3v) is 3.14. The molecule has 2 unspecified atom stereocenters. The SMILES string of the molecule is COC1(CNC2CC(=O)NC2=O)CCOC1. The smallest absolute Gasteiger partial charge is 0.244 e. The summed E-state index contributed by atoms with van der Waals surface area (Å²) in [4.78, 5) is 22.3. The summed E-state index contributed by atoms with van der Waals surface area (Å²) in [5.74, 6) is -0.480. The molecule has 6 nitrogen and oxygen atoms in total. The lowest BCUT2D eigenvalue weighted by molar-refractivity contribution is -0.125. The predicted octanol–water partition coefficient (Wildman–Crippen LogP) is -1.20. The Kier molecular flexibility index (Phi) is 3.22. The van der Waals surface area contributed by atoms with E-state index in [1.54, 1.807) is 7.11 Å². The van der Waals surface area contributed by atoms with Crippen molar-refractivity contribution in [2.45, 2.75) is 24.5 Å². The lowest BCUT2D eigenvalue weighted by atomic mass is 10.0. The van der Waals surface area contributed by atoms with E-state index in [0.29, 0.717) is 19.8 Å². The monoisotopic (exact) mass is 228 g/mol. The van der Waals surface area contributed by atoms with Crippen molar-refractivity contribution in [2.75, 3.05) is 26.9 Å². The van der Waals surface area contributed by atoms with Crippen LogP contribution < -0.4 is 10.6 Å². The molecular weight excluding hydrogens is 212 g/mol. The maximum Gasteiger partial charge on any atom is 0.244 e. The number of imide groups is 1. The quantitative estimate of drug-likeness (QED) is 0.591. The Labute approximate surface area is 93.7 Å². The molecular formula is C10H16N2O4. The standard InChI is InChI=1S/C10H16N2O4/c1-15-10(2-3-16-6-10)5-11-7-4-8(13)12-9(7)14/h7,11H,2-6H2,1H3,(H,12,13,14). The van der Waals surface area contributed by atoms with Gasteiger partial charge in [-0.25, -0.2) is 0 Å². The van der Waals surface area contributed by atoms with Crippen LogP contribution in [0.2, 0.25) is 0 Å². The summed E-state index contributed by atoms with van der Waals surface area (Å²) in [6, 6.07) is -0.430. The molecule has 0 aliphatic carbocycles. The highest BCUT2D eigenvalue weighted by Crippen LogP contribution is 2.21. The van der Waals surface area contributed by atoms with Gasteiger partial charge in [0.25, 0.3) is 0 Å². The van der Waals surface area contributed by atoms with Crippen molar-refractivity contribution in [1.82, 2.24) is 10.6 Å². The molecule has 0 saturated carbocycles. The first-order valence-corrected chi connectivity index (χ1v) is 5.35. The number of nitrogens with one attached hydrogen (secondary N) is 2. The molecule has 2 fully saturated rings. The van der Waals surface area contributed by atoms with Crippen molar-refractivity contribution in [3.63, 3.8) is 0 Å². The van der Waals surface area contributed by atoms with Crippen molar-refractivity contribution in [3.05, 3.63) is 0 Å². The van der Waals surface area contributed by atoms with E-state index in [4.69, 9.17) is 9.47 Å². The van der Waals surface area contributed by atoms with Gasteiger partial charge in [-0.1, -0.05) is 0 Å². The Morgan fingerprint density at radius 3 is 2.94 bits per heavy atom. The van der Waals surface area contributed by atoms with Gasteiger partial charge in [-0.2, -0.15) is 0 Å². The van der Waals surface area contributed by atoms with Crippen molar-refractivity contribution in [2.24, 2.45) is 0 Å². The maximum absolute atomic E-state index is 11.3. The first-order valence-electron chi connectivity index (χ1n) is 5.35. The second-order valence-electron chi connectivity index (χ2n) is 4.24. The topological polar surface area (TPSA) is 76.7 Å². The first-order chi connectivity index (χ1) is 7.65. The molecule has 6 heteroatoms. The van der Waals surface area contributed by atoms with Crippen LogP contribution in [0.25, 0.3) is 0 Å². The molecule has 0 bridgehead atoms. The molecule has 2 aliphatic rings. The Hall–Kier alpha value is -0.980. The van der Waals surface area contributed by atoms with E-state index in [2.05, 4.69) is 10.6 Å². The second kappa shape index (κ2) is 4.48. The van der Waals surface area contributed by atoms with E-state index in [0.717, 1.165) is 6.42 Å². The minimum atomic E-state index is -0.430. The van der Waals surface area contributed by atoms with Gasteiger partial charge in [-0.15, -0.1) is 0 Å². The van der Waals surface area contributed by atoms with Crippen molar-refractivity contribution < 1.29 is 19.1 Å². The minimum absolute atomic E-state index is 0.208. The van der Waals surface area contributed by atoms with Crippen molar-refractivity contribution >= 4 is 11.8 Å². The Morgan fingerprint density at radius 2 is 2.44 bits per heavy atom. The number of ether oxygens (including phenoxy) is 2. The van der Waals surface area contributed by atoms with E-state index in [1.165, 1.54) is 0 Å². The highest BCUT2D eigenvalue weighted by atomic mass is 16.5. The largest absolute Gasteiger partial charge is 0.378 e. The molecule has 0 spiro atoms. The van der Waals surface area contributed by atoms with Gasteiger partial charge in [0.1, 0.15) is 5.60 Å². The maximum atomic E-state index is 11.3. The fraction of sp³-hybridized carbons (Fsp3) is 0.800.